The number of nitrogens with one attached hydrogen (secondary N) is 1. The largest absolute Gasteiger partial charge is 0.497 e. The highest BCUT2D eigenvalue weighted by atomic mass is 32.1. The molecule has 1 aromatic carbocycles. The molecular formula is C15H17N3OS. The maximum atomic E-state index is 5.26. The van der Waals surface area contributed by atoms with E-state index >= 15 is 0 Å². The van der Waals surface area contributed by atoms with Crippen LogP contribution in [0.1, 0.15) is 24.2 Å². The van der Waals surface area contributed by atoms with Crippen LogP contribution in [0.15, 0.2) is 42.0 Å². The zero-order valence-corrected chi connectivity index (χ0v) is 12.4. The lowest BCUT2D eigenvalue weighted by molar-refractivity contribution is 0.413. The second-order valence-corrected chi connectivity index (χ2v) is 5.58. The van der Waals surface area contributed by atoms with Gasteiger partial charge in [-0.3, -0.25) is 4.40 Å². The fourth-order valence-electron chi connectivity index (χ4n) is 2.15. The van der Waals surface area contributed by atoms with Gasteiger partial charge in [0.15, 0.2) is 4.96 Å². The smallest absolute Gasteiger partial charge is 0.193 e. The third-order valence-corrected chi connectivity index (χ3v) is 4.10. The molecule has 20 heavy (non-hydrogen) atoms. The second kappa shape index (κ2) is 5.64. The molecule has 0 aliphatic heterocycles. The summed E-state index contributed by atoms with van der Waals surface area (Å²) in [6.07, 6.45) is 4.10. The number of methoxy groups -OCH3 is 1. The van der Waals surface area contributed by atoms with E-state index in [1.165, 1.54) is 5.56 Å². The van der Waals surface area contributed by atoms with Crippen molar-refractivity contribution >= 4 is 16.3 Å². The standard InChI is InChI=1S/C15H17N3OS/c1-11(12-4-3-5-14(8-12)19-2)16-9-13-10-18-6-7-20-15(18)17-13/h3-8,10-11,16H,9H2,1-2H3/t11-/m0/s1. The minimum atomic E-state index is 0.254. The van der Waals surface area contributed by atoms with E-state index in [1.54, 1.807) is 18.4 Å². The van der Waals surface area contributed by atoms with E-state index < -0.39 is 0 Å². The van der Waals surface area contributed by atoms with E-state index in [-0.39, 0.29) is 6.04 Å². The van der Waals surface area contributed by atoms with Gasteiger partial charge in [0, 0.05) is 30.4 Å². The Bertz CT molecular complexity index is 675. The number of hydrogen-bond acceptors (Lipinski definition) is 4. The summed E-state index contributed by atoms with van der Waals surface area (Å²) in [5.41, 5.74) is 2.27. The lowest BCUT2D eigenvalue weighted by Crippen LogP contribution is -2.18. The van der Waals surface area contributed by atoms with Crippen LogP contribution in [-0.2, 0) is 6.54 Å². The highest BCUT2D eigenvalue weighted by Crippen LogP contribution is 2.19. The highest BCUT2D eigenvalue weighted by molar-refractivity contribution is 7.15. The molecule has 0 spiro atoms. The lowest BCUT2D eigenvalue weighted by atomic mass is 10.1. The molecule has 0 saturated carbocycles. The Morgan fingerprint density at radius 1 is 1.45 bits per heavy atom. The van der Waals surface area contributed by atoms with Crippen LogP contribution in [0.4, 0.5) is 0 Å². The van der Waals surface area contributed by atoms with Gasteiger partial charge in [-0.15, -0.1) is 11.3 Å². The van der Waals surface area contributed by atoms with E-state index in [0.29, 0.717) is 0 Å². The van der Waals surface area contributed by atoms with Crippen LogP contribution in [0, 0.1) is 0 Å². The Balaban J connectivity index is 1.66. The Morgan fingerprint density at radius 2 is 2.35 bits per heavy atom. The van der Waals surface area contributed by atoms with Gasteiger partial charge < -0.3 is 10.1 Å². The van der Waals surface area contributed by atoms with E-state index in [0.717, 1.165) is 22.9 Å². The molecule has 3 rings (SSSR count). The highest BCUT2D eigenvalue weighted by Gasteiger charge is 2.08. The molecule has 0 saturated heterocycles. The Morgan fingerprint density at radius 3 is 3.15 bits per heavy atom. The number of benzene rings is 1. The molecule has 2 aromatic heterocycles. The Kier molecular flexibility index (Phi) is 3.71. The van der Waals surface area contributed by atoms with Crippen molar-refractivity contribution in [2.45, 2.75) is 19.5 Å². The monoisotopic (exact) mass is 287 g/mol. The van der Waals surface area contributed by atoms with Crippen LogP contribution < -0.4 is 10.1 Å². The number of nitrogens with zero attached hydrogens (tertiary/aromatic N) is 2. The summed E-state index contributed by atoms with van der Waals surface area (Å²) in [4.78, 5) is 5.60. The molecule has 0 aliphatic rings. The summed E-state index contributed by atoms with van der Waals surface area (Å²) in [7, 11) is 1.69. The zero-order chi connectivity index (χ0) is 13.9. The predicted octanol–water partition coefficient (Wildman–Crippen LogP) is 3.26. The first-order chi connectivity index (χ1) is 9.76. The summed E-state index contributed by atoms with van der Waals surface area (Å²) in [6, 6.07) is 8.39. The van der Waals surface area contributed by atoms with Crippen molar-refractivity contribution in [3.8, 4) is 5.75 Å². The van der Waals surface area contributed by atoms with Crippen LogP contribution in [0.25, 0.3) is 4.96 Å². The number of hydrogen-bond donors (Lipinski definition) is 1. The average molecular weight is 287 g/mol. The maximum Gasteiger partial charge on any atom is 0.193 e. The van der Waals surface area contributed by atoms with Crippen LogP contribution in [0.3, 0.4) is 0 Å². The number of rotatable bonds is 5. The van der Waals surface area contributed by atoms with Crippen molar-refractivity contribution in [3.63, 3.8) is 0 Å². The molecule has 0 fully saturated rings. The SMILES string of the molecule is COc1cccc([C@H](C)NCc2cn3ccsc3n2)c1. The van der Waals surface area contributed by atoms with Crippen LogP contribution >= 0.6 is 11.3 Å². The van der Waals surface area contributed by atoms with E-state index in [4.69, 9.17) is 4.74 Å². The van der Waals surface area contributed by atoms with Gasteiger partial charge in [0.2, 0.25) is 0 Å². The van der Waals surface area contributed by atoms with E-state index in [2.05, 4.69) is 40.0 Å². The molecule has 5 heteroatoms. The Hall–Kier alpha value is -1.85. The summed E-state index contributed by atoms with van der Waals surface area (Å²) in [5, 5.41) is 5.53. The Labute approximate surface area is 122 Å². The van der Waals surface area contributed by atoms with Gasteiger partial charge in [0.1, 0.15) is 5.75 Å². The van der Waals surface area contributed by atoms with Crippen LogP contribution in [-0.4, -0.2) is 16.5 Å². The van der Waals surface area contributed by atoms with Crippen molar-refractivity contribution in [1.82, 2.24) is 14.7 Å². The number of thiazole rings is 1. The zero-order valence-electron chi connectivity index (χ0n) is 11.5. The molecule has 0 radical (unpaired) electrons. The van der Waals surface area contributed by atoms with Gasteiger partial charge >= 0.3 is 0 Å². The van der Waals surface area contributed by atoms with Gasteiger partial charge in [0.05, 0.1) is 12.8 Å². The fourth-order valence-corrected chi connectivity index (χ4v) is 2.87. The van der Waals surface area contributed by atoms with Gasteiger partial charge in [0.25, 0.3) is 0 Å². The molecule has 1 N–H and O–H groups in total. The molecular weight excluding hydrogens is 270 g/mol. The summed E-state index contributed by atoms with van der Waals surface area (Å²) in [6.45, 7) is 2.90. The van der Waals surface area contributed by atoms with Crippen molar-refractivity contribution in [3.05, 3.63) is 53.3 Å². The number of ether oxygens (including phenoxy) is 1. The van der Waals surface area contributed by atoms with Crippen LogP contribution in [0.2, 0.25) is 0 Å². The minimum absolute atomic E-state index is 0.254. The summed E-state index contributed by atoms with van der Waals surface area (Å²) < 4.78 is 7.31. The molecule has 1 atom stereocenters. The van der Waals surface area contributed by atoms with Crippen LogP contribution in [0.5, 0.6) is 5.75 Å². The summed E-state index contributed by atoms with van der Waals surface area (Å²) in [5.74, 6) is 0.888. The normalized spacial score (nSPS) is 12.7. The van der Waals surface area contributed by atoms with Crippen molar-refractivity contribution in [2.75, 3.05) is 7.11 Å². The topological polar surface area (TPSA) is 38.6 Å². The number of aromatic nitrogens is 2. The van der Waals surface area contributed by atoms with Crippen molar-refractivity contribution < 1.29 is 4.74 Å². The first kappa shape index (κ1) is 13.1. The third-order valence-electron chi connectivity index (χ3n) is 3.33. The number of fused-ring (bicyclic) bond motifs is 1. The van der Waals surface area contributed by atoms with Gasteiger partial charge in [-0.1, -0.05) is 12.1 Å². The average Bonchev–Trinajstić information content (AvgIpc) is 3.05. The predicted molar refractivity (Wildman–Crippen MR) is 81.3 cm³/mol. The quantitative estimate of drug-likeness (QED) is 0.783. The van der Waals surface area contributed by atoms with Gasteiger partial charge in [-0.05, 0) is 24.6 Å². The van der Waals surface area contributed by atoms with Crippen molar-refractivity contribution in [2.24, 2.45) is 0 Å². The third kappa shape index (κ3) is 2.69. The maximum absolute atomic E-state index is 5.26. The summed E-state index contributed by atoms with van der Waals surface area (Å²) >= 11 is 1.65. The molecule has 0 bridgehead atoms. The fraction of sp³-hybridized carbons (Fsp3) is 0.267. The molecule has 4 nitrogen and oxygen atoms in total. The second-order valence-electron chi connectivity index (χ2n) is 4.70. The first-order valence-electron chi connectivity index (χ1n) is 6.54. The van der Waals surface area contributed by atoms with E-state index in [9.17, 15) is 0 Å². The van der Waals surface area contributed by atoms with Gasteiger partial charge in [-0.25, -0.2) is 4.98 Å². The van der Waals surface area contributed by atoms with Gasteiger partial charge in [-0.2, -0.15) is 0 Å². The molecule has 0 amide bonds. The first-order valence-corrected chi connectivity index (χ1v) is 7.42. The molecule has 104 valence electrons. The molecule has 2 heterocycles. The number of imidazole rings is 1. The molecule has 0 aliphatic carbocycles. The van der Waals surface area contributed by atoms with Crippen molar-refractivity contribution in [1.29, 1.82) is 0 Å². The molecule has 3 aromatic rings. The lowest BCUT2D eigenvalue weighted by Gasteiger charge is -2.14. The minimum Gasteiger partial charge on any atom is -0.497 e. The molecule has 0 unspecified atom stereocenters. The van der Waals surface area contributed by atoms with E-state index in [1.807, 2.05) is 23.7 Å².